The van der Waals surface area contributed by atoms with Crippen molar-refractivity contribution in [2.24, 2.45) is 5.92 Å². The summed E-state index contributed by atoms with van der Waals surface area (Å²) in [4.78, 5) is 2.68. The number of nitrogens with one attached hydrogen (secondary N) is 1. The number of H-pyrrole nitrogens is 1. The largest absolute Gasteiger partial charge is 0.295 e. The molecule has 0 spiro atoms. The first-order chi connectivity index (χ1) is 9.88. The van der Waals surface area contributed by atoms with Crippen molar-refractivity contribution in [1.29, 1.82) is 0 Å². The maximum Gasteiger partial charge on any atom is 0.0532 e. The highest BCUT2D eigenvalue weighted by Gasteiger charge is 2.31. The van der Waals surface area contributed by atoms with Crippen molar-refractivity contribution in [2.45, 2.75) is 38.3 Å². The number of nitrogens with zero attached hydrogens (tertiary/aromatic N) is 2. The normalized spacial score (nSPS) is 26.0. The third kappa shape index (κ3) is 2.27. The van der Waals surface area contributed by atoms with Gasteiger partial charge in [0.25, 0.3) is 0 Å². The zero-order chi connectivity index (χ0) is 13.4. The molecule has 0 saturated carbocycles. The molecule has 1 saturated heterocycles. The van der Waals surface area contributed by atoms with Gasteiger partial charge in [0.05, 0.1) is 6.20 Å². The van der Waals surface area contributed by atoms with Gasteiger partial charge < -0.3 is 0 Å². The lowest BCUT2D eigenvalue weighted by atomic mass is 9.80. The first-order valence-corrected chi connectivity index (χ1v) is 7.67. The van der Waals surface area contributed by atoms with Crippen LogP contribution in [0.5, 0.6) is 0 Å². The van der Waals surface area contributed by atoms with Crippen LogP contribution in [0.1, 0.15) is 29.5 Å². The number of rotatable bonds is 2. The molecule has 2 aliphatic heterocycles. The SMILES string of the molecule is c1ccc2c(c1)C[C@H]1CC[C@@H](C2)N(Cc2cn[nH]c2)C1. The molecule has 1 aromatic heterocycles. The molecule has 3 aliphatic rings. The van der Waals surface area contributed by atoms with Crippen LogP contribution < -0.4 is 0 Å². The third-order valence-corrected chi connectivity index (χ3v) is 4.94. The molecule has 104 valence electrons. The van der Waals surface area contributed by atoms with Gasteiger partial charge in [-0.15, -0.1) is 0 Å². The minimum absolute atomic E-state index is 0.697. The van der Waals surface area contributed by atoms with Gasteiger partial charge in [0, 0.05) is 30.9 Å². The van der Waals surface area contributed by atoms with Crippen LogP contribution in [-0.4, -0.2) is 27.7 Å². The summed E-state index contributed by atoms with van der Waals surface area (Å²) in [7, 11) is 0. The highest BCUT2D eigenvalue weighted by atomic mass is 15.2. The van der Waals surface area contributed by atoms with Gasteiger partial charge in [0.2, 0.25) is 0 Å². The molecule has 1 fully saturated rings. The maximum atomic E-state index is 4.08. The zero-order valence-corrected chi connectivity index (χ0v) is 11.8. The quantitative estimate of drug-likeness (QED) is 0.907. The number of piperidine rings is 1. The molecule has 0 amide bonds. The fourth-order valence-electron chi connectivity index (χ4n) is 3.89. The Hall–Kier alpha value is -1.61. The molecule has 1 aliphatic carbocycles. The van der Waals surface area contributed by atoms with Gasteiger partial charge in [-0.05, 0) is 42.7 Å². The number of benzene rings is 1. The minimum Gasteiger partial charge on any atom is -0.295 e. The average molecular weight is 267 g/mol. The minimum atomic E-state index is 0.697. The van der Waals surface area contributed by atoms with E-state index in [9.17, 15) is 0 Å². The first-order valence-electron chi connectivity index (χ1n) is 7.67. The Morgan fingerprint density at radius 1 is 1.15 bits per heavy atom. The van der Waals surface area contributed by atoms with E-state index in [4.69, 9.17) is 0 Å². The van der Waals surface area contributed by atoms with Crippen molar-refractivity contribution in [3.05, 3.63) is 53.3 Å². The van der Waals surface area contributed by atoms with Gasteiger partial charge in [0.1, 0.15) is 0 Å². The van der Waals surface area contributed by atoms with Crippen molar-refractivity contribution < 1.29 is 0 Å². The lowest BCUT2D eigenvalue weighted by Crippen LogP contribution is -2.46. The molecule has 20 heavy (non-hydrogen) atoms. The van der Waals surface area contributed by atoms with Crippen molar-refractivity contribution in [1.82, 2.24) is 15.1 Å². The summed E-state index contributed by atoms with van der Waals surface area (Å²) in [6, 6.07) is 9.73. The lowest BCUT2D eigenvalue weighted by molar-refractivity contribution is 0.0938. The van der Waals surface area contributed by atoms with Crippen molar-refractivity contribution in [2.75, 3.05) is 6.54 Å². The van der Waals surface area contributed by atoms with Gasteiger partial charge in [-0.2, -0.15) is 5.10 Å². The van der Waals surface area contributed by atoms with Gasteiger partial charge in [-0.3, -0.25) is 10.00 Å². The van der Waals surface area contributed by atoms with E-state index in [-0.39, 0.29) is 0 Å². The number of hydrogen-bond donors (Lipinski definition) is 1. The van der Waals surface area contributed by atoms with E-state index >= 15 is 0 Å². The van der Waals surface area contributed by atoms with Crippen LogP contribution in [0.25, 0.3) is 0 Å². The molecule has 3 heteroatoms. The van der Waals surface area contributed by atoms with Crippen LogP contribution in [0.2, 0.25) is 0 Å². The van der Waals surface area contributed by atoms with Crippen LogP contribution in [0.4, 0.5) is 0 Å². The van der Waals surface area contributed by atoms with E-state index in [0.717, 1.165) is 12.5 Å². The lowest BCUT2D eigenvalue weighted by Gasteiger charge is -2.42. The van der Waals surface area contributed by atoms with Crippen molar-refractivity contribution in [3.63, 3.8) is 0 Å². The summed E-state index contributed by atoms with van der Waals surface area (Å²) in [5, 5.41) is 7.01. The van der Waals surface area contributed by atoms with E-state index in [0.29, 0.717) is 6.04 Å². The zero-order valence-electron chi connectivity index (χ0n) is 11.8. The van der Waals surface area contributed by atoms with E-state index in [1.54, 1.807) is 11.1 Å². The Labute approximate surface area is 120 Å². The molecule has 2 bridgehead atoms. The van der Waals surface area contributed by atoms with E-state index in [2.05, 4.69) is 39.4 Å². The fraction of sp³-hybridized carbons (Fsp3) is 0.471. The second kappa shape index (κ2) is 5.06. The van der Waals surface area contributed by atoms with Crippen LogP contribution in [-0.2, 0) is 19.4 Å². The standard InChI is InChI=1S/C17H21N3/c1-2-4-16-8-17-6-5-13(7-15(16)3-1)11-20(17)12-14-9-18-19-10-14/h1-4,9-10,13,17H,5-8,11-12H2,(H,18,19)/t13-,17+/m1/s1. The Bertz CT molecular complexity index is 576. The first kappa shape index (κ1) is 12.2. The molecular weight excluding hydrogens is 246 g/mol. The predicted octanol–water partition coefficient (Wildman–Crippen LogP) is 2.79. The summed E-state index contributed by atoms with van der Waals surface area (Å²) in [5.41, 5.74) is 4.47. The van der Waals surface area contributed by atoms with E-state index in [1.165, 1.54) is 37.8 Å². The fourth-order valence-corrected chi connectivity index (χ4v) is 3.89. The summed E-state index contributed by atoms with van der Waals surface area (Å²) in [6.07, 6.45) is 9.18. The average Bonchev–Trinajstić information content (AvgIpc) is 2.93. The predicted molar refractivity (Wildman–Crippen MR) is 79.4 cm³/mol. The van der Waals surface area contributed by atoms with Crippen molar-refractivity contribution >= 4 is 0 Å². The summed E-state index contributed by atoms with van der Waals surface area (Å²) >= 11 is 0. The van der Waals surface area contributed by atoms with E-state index < -0.39 is 0 Å². The number of hydrogen-bond acceptors (Lipinski definition) is 2. The summed E-state index contributed by atoms with van der Waals surface area (Å²) in [6.45, 7) is 2.28. The molecule has 2 aromatic rings. The Kier molecular flexibility index (Phi) is 3.07. The van der Waals surface area contributed by atoms with Gasteiger partial charge >= 0.3 is 0 Å². The highest BCUT2D eigenvalue weighted by molar-refractivity contribution is 5.30. The van der Waals surface area contributed by atoms with Crippen LogP contribution in [0.3, 0.4) is 0 Å². The summed E-state index contributed by atoms with van der Waals surface area (Å²) < 4.78 is 0. The number of aromatic nitrogens is 2. The smallest absolute Gasteiger partial charge is 0.0532 e. The van der Waals surface area contributed by atoms with Crippen LogP contribution >= 0.6 is 0 Å². The van der Waals surface area contributed by atoms with Crippen LogP contribution in [0, 0.1) is 5.92 Å². The Balaban J connectivity index is 1.60. The molecule has 3 heterocycles. The van der Waals surface area contributed by atoms with Gasteiger partial charge in [-0.25, -0.2) is 0 Å². The maximum absolute atomic E-state index is 4.08. The molecule has 0 radical (unpaired) electrons. The number of fused-ring (bicyclic) bond motifs is 2. The molecule has 1 N–H and O–H groups in total. The second-order valence-corrected chi connectivity index (χ2v) is 6.31. The molecule has 5 rings (SSSR count). The molecule has 3 nitrogen and oxygen atoms in total. The third-order valence-electron chi connectivity index (χ3n) is 4.94. The molecule has 0 unspecified atom stereocenters. The topological polar surface area (TPSA) is 31.9 Å². The van der Waals surface area contributed by atoms with Gasteiger partial charge in [-0.1, -0.05) is 24.3 Å². The Morgan fingerprint density at radius 3 is 2.80 bits per heavy atom. The highest BCUT2D eigenvalue weighted by Crippen LogP contribution is 2.32. The monoisotopic (exact) mass is 267 g/mol. The van der Waals surface area contributed by atoms with E-state index in [1.807, 2.05) is 12.4 Å². The molecular formula is C17H21N3. The number of aromatic amines is 1. The van der Waals surface area contributed by atoms with Gasteiger partial charge in [0.15, 0.2) is 0 Å². The van der Waals surface area contributed by atoms with Crippen molar-refractivity contribution in [3.8, 4) is 0 Å². The summed E-state index contributed by atoms with van der Waals surface area (Å²) in [5.74, 6) is 0.819. The molecule has 1 aromatic carbocycles. The van der Waals surface area contributed by atoms with Crippen LogP contribution in [0.15, 0.2) is 36.7 Å². The second-order valence-electron chi connectivity index (χ2n) is 6.31. The molecule has 2 atom stereocenters. The Morgan fingerprint density at radius 2 is 2.00 bits per heavy atom.